The molecule has 0 amide bonds. The van der Waals surface area contributed by atoms with Crippen molar-refractivity contribution in [2.75, 3.05) is 5.75 Å². The molecule has 5 unspecified atom stereocenters. The van der Waals surface area contributed by atoms with Gasteiger partial charge >= 0.3 is 5.97 Å². The van der Waals surface area contributed by atoms with Crippen LogP contribution in [0.5, 0.6) is 0 Å². The van der Waals surface area contributed by atoms with Crippen molar-refractivity contribution in [3.8, 4) is 11.8 Å². The molecule has 9 nitrogen and oxygen atoms in total. The van der Waals surface area contributed by atoms with E-state index in [9.17, 15) is 24.3 Å². The normalized spacial score (nSPS) is 33.2. The Bertz CT molecular complexity index is 1760. The molecule has 3 fully saturated rings. The summed E-state index contributed by atoms with van der Waals surface area (Å²) in [6.45, 7) is 5.89. The zero-order valence-electron chi connectivity index (χ0n) is 25.5. The fourth-order valence-corrected chi connectivity index (χ4v) is 10.2. The van der Waals surface area contributed by atoms with Gasteiger partial charge in [-0.25, -0.2) is 13.9 Å². The average molecular weight is 631 g/mol. The van der Waals surface area contributed by atoms with Crippen LogP contribution < -0.4 is 0 Å². The average Bonchev–Trinajstić information content (AvgIpc) is 3.70. The highest BCUT2D eigenvalue weighted by Gasteiger charge is 2.70. The second-order valence-electron chi connectivity index (χ2n) is 13.5. The van der Waals surface area contributed by atoms with E-state index in [0.717, 1.165) is 41.5 Å². The fourth-order valence-electron chi connectivity index (χ4n) is 9.39. The van der Waals surface area contributed by atoms with Crippen molar-refractivity contribution in [2.24, 2.45) is 28.6 Å². The number of allylic oxidation sites excluding steroid dienone is 1. The molecule has 11 heteroatoms. The Balaban J connectivity index is 1.23. The van der Waals surface area contributed by atoms with Gasteiger partial charge in [0.25, 0.3) is 0 Å². The number of aryl methyl sites for hydroxylation is 1. The lowest BCUT2D eigenvalue weighted by molar-refractivity contribution is -0.174. The van der Waals surface area contributed by atoms with Crippen LogP contribution >= 0.6 is 11.8 Å². The minimum absolute atomic E-state index is 0.00890. The molecule has 7 atom stereocenters. The van der Waals surface area contributed by atoms with Gasteiger partial charge in [-0.3, -0.25) is 4.79 Å². The van der Waals surface area contributed by atoms with Crippen molar-refractivity contribution in [3.63, 3.8) is 0 Å². The van der Waals surface area contributed by atoms with E-state index in [1.807, 2.05) is 23.9 Å². The molecule has 4 aliphatic carbocycles. The molecule has 4 aliphatic rings. The van der Waals surface area contributed by atoms with Crippen molar-refractivity contribution >= 4 is 28.9 Å². The van der Waals surface area contributed by atoms with Crippen molar-refractivity contribution in [2.45, 2.75) is 71.0 Å². The highest BCUT2D eigenvalue weighted by molar-refractivity contribution is 8.14. The third-order valence-corrected chi connectivity index (χ3v) is 12.2. The molecule has 7 rings (SSSR count). The number of esters is 1. The molecule has 1 N–H and O–H groups in total. The minimum Gasteiger partial charge on any atom is -0.445 e. The van der Waals surface area contributed by atoms with Gasteiger partial charge in [-0.15, -0.1) is 0 Å². The van der Waals surface area contributed by atoms with Crippen LogP contribution in [-0.4, -0.2) is 48.6 Å². The van der Waals surface area contributed by atoms with Gasteiger partial charge in [0.15, 0.2) is 11.3 Å². The van der Waals surface area contributed by atoms with Crippen LogP contribution in [0.4, 0.5) is 4.39 Å². The quantitative estimate of drug-likeness (QED) is 0.346. The molecule has 0 bridgehead atoms. The Hall–Kier alpha value is -3.75. The Morgan fingerprint density at radius 2 is 2.04 bits per heavy atom. The van der Waals surface area contributed by atoms with E-state index in [1.54, 1.807) is 19.1 Å². The summed E-state index contributed by atoms with van der Waals surface area (Å²) in [4.78, 5) is 27.3. The maximum absolute atomic E-state index is 14.0. The standard InChI is InChI=1S/C34H35FN4O5S/c1-19-14-26(38-44-19)30(41)43-34(31(42)45-13-12-36)11-10-25-24-9-4-21-15-27-20(18-37-39(27)23-7-5-22(35)6-8-23)16-32(21,2)29(24)28(40)17-33(25,34)3/h5-8,14-15,18,24-25,28-29,40H,4,9-11,13,16-17H2,1-3H3/t24?,25-,28?,29+,32?,33?,34?/m0/s1. The van der Waals surface area contributed by atoms with Gasteiger partial charge in [0.2, 0.25) is 5.12 Å². The Morgan fingerprint density at radius 3 is 2.76 bits per heavy atom. The number of hydrogen-bond donors (Lipinski definition) is 1. The largest absolute Gasteiger partial charge is 0.445 e. The molecule has 0 aliphatic heterocycles. The third-order valence-electron chi connectivity index (χ3n) is 11.3. The van der Waals surface area contributed by atoms with E-state index < -0.39 is 23.1 Å². The van der Waals surface area contributed by atoms with Crippen LogP contribution in [0, 0.1) is 52.7 Å². The van der Waals surface area contributed by atoms with E-state index in [2.05, 4.69) is 23.3 Å². The van der Waals surface area contributed by atoms with Gasteiger partial charge in [-0.05, 0) is 105 Å². The summed E-state index contributed by atoms with van der Waals surface area (Å²) in [5.74, 6) is -0.599. The highest BCUT2D eigenvalue weighted by atomic mass is 32.2. The van der Waals surface area contributed by atoms with Crippen molar-refractivity contribution in [3.05, 3.63) is 70.6 Å². The fraction of sp³-hybridized carbons (Fsp3) is 0.500. The molecule has 0 radical (unpaired) electrons. The van der Waals surface area contributed by atoms with Crippen LogP contribution in [0.3, 0.4) is 0 Å². The van der Waals surface area contributed by atoms with E-state index in [1.165, 1.54) is 23.8 Å². The number of aliphatic hydroxyl groups is 1. The van der Waals surface area contributed by atoms with Crippen LogP contribution in [-0.2, 0) is 16.0 Å². The topological polar surface area (TPSA) is 131 Å². The summed E-state index contributed by atoms with van der Waals surface area (Å²) in [7, 11) is 0. The zero-order valence-corrected chi connectivity index (χ0v) is 26.3. The van der Waals surface area contributed by atoms with E-state index in [4.69, 9.17) is 9.26 Å². The Labute approximate surface area is 264 Å². The number of aromatic nitrogens is 3. The lowest BCUT2D eigenvalue weighted by Gasteiger charge is -2.60. The lowest BCUT2D eigenvalue weighted by atomic mass is 9.45. The van der Waals surface area contributed by atoms with Gasteiger partial charge in [0.1, 0.15) is 11.6 Å². The first-order valence-corrected chi connectivity index (χ1v) is 16.4. The molecule has 3 aromatic rings. The number of carbonyl (C=O) groups is 2. The maximum atomic E-state index is 14.0. The number of rotatable bonds is 5. The van der Waals surface area contributed by atoms with Crippen LogP contribution in [0.2, 0.25) is 0 Å². The van der Waals surface area contributed by atoms with Crippen LogP contribution in [0.1, 0.15) is 73.5 Å². The number of aliphatic hydroxyl groups excluding tert-OH is 1. The monoisotopic (exact) mass is 630 g/mol. The SMILES string of the molecule is Cc1cc(C(=O)OC2(C(=O)SCC#N)CC[C@H]3C4CCC5=Cc6c(cnn6-c6ccc(F)cc6)CC5(C)[C@H]4C(O)CC32C)no1. The van der Waals surface area contributed by atoms with Crippen LogP contribution in [0.15, 0.2) is 46.6 Å². The predicted molar refractivity (Wildman–Crippen MR) is 163 cm³/mol. The van der Waals surface area contributed by atoms with Gasteiger partial charge in [0, 0.05) is 11.5 Å². The van der Waals surface area contributed by atoms with Gasteiger partial charge in [0.05, 0.1) is 35.5 Å². The number of hydrogen-bond acceptors (Lipinski definition) is 9. The number of benzene rings is 1. The number of ether oxygens (including phenoxy) is 1. The number of carbonyl (C=O) groups excluding carboxylic acids is 2. The molecule has 2 heterocycles. The minimum atomic E-state index is -1.51. The first kappa shape index (κ1) is 29.9. The van der Waals surface area contributed by atoms with Crippen molar-refractivity contribution in [1.29, 1.82) is 5.26 Å². The smallest absolute Gasteiger partial charge is 0.361 e. The lowest BCUT2D eigenvalue weighted by Crippen LogP contribution is -2.62. The van der Waals surface area contributed by atoms with Gasteiger partial charge < -0.3 is 14.4 Å². The predicted octanol–water partition coefficient (Wildman–Crippen LogP) is 5.84. The third kappa shape index (κ3) is 4.43. The van der Waals surface area contributed by atoms with Crippen molar-refractivity contribution in [1.82, 2.24) is 14.9 Å². The number of thioether (sulfide) groups is 1. The molecule has 234 valence electrons. The van der Waals surface area contributed by atoms with Gasteiger partial charge in [-0.2, -0.15) is 10.4 Å². The van der Waals surface area contributed by atoms with E-state index >= 15 is 0 Å². The molecular weight excluding hydrogens is 595 g/mol. The Morgan fingerprint density at radius 1 is 1.27 bits per heavy atom. The molecule has 3 saturated carbocycles. The van der Waals surface area contributed by atoms with Crippen LogP contribution in [0.25, 0.3) is 11.8 Å². The number of nitrogens with zero attached hydrogens (tertiary/aromatic N) is 4. The summed E-state index contributed by atoms with van der Waals surface area (Å²) in [6, 6.07) is 9.80. The summed E-state index contributed by atoms with van der Waals surface area (Å²) < 4.78 is 26.7. The maximum Gasteiger partial charge on any atom is 0.361 e. The second kappa shape index (κ2) is 10.7. The molecule has 45 heavy (non-hydrogen) atoms. The second-order valence-corrected chi connectivity index (χ2v) is 14.5. The molecule has 0 saturated heterocycles. The van der Waals surface area contributed by atoms with E-state index in [-0.39, 0.29) is 52.0 Å². The van der Waals surface area contributed by atoms with E-state index in [0.29, 0.717) is 25.0 Å². The molecule has 2 aromatic heterocycles. The summed E-state index contributed by atoms with van der Waals surface area (Å²) in [5, 5.41) is 29.5. The first-order chi connectivity index (χ1) is 21.5. The number of nitriles is 1. The summed E-state index contributed by atoms with van der Waals surface area (Å²) in [5.41, 5.74) is 1.43. The summed E-state index contributed by atoms with van der Waals surface area (Å²) in [6.07, 6.45) is 6.95. The highest BCUT2D eigenvalue weighted by Crippen LogP contribution is 2.69. The van der Waals surface area contributed by atoms with Crippen molar-refractivity contribution < 1.29 is 28.3 Å². The van der Waals surface area contributed by atoms with Gasteiger partial charge in [-0.1, -0.05) is 36.3 Å². The molecule has 0 spiro atoms. The number of fused-ring (bicyclic) bond motifs is 6. The summed E-state index contributed by atoms with van der Waals surface area (Å²) >= 11 is 0.869. The first-order valence-electron chi connectivity index (χ1n) is 15.4. The number of halogens is 1. The molecule has 1 aromatic carbocycles. The zero-order chi connectivity index (χ0) is 31.7. The Kier molecular flexibility index (Phi) is 7.09. The molecular formula is C34H35FN4O5S.